The molecular weight excluding hydrogens is 254 g/mol. The molecule has 2 N–H and O–H groups in total. The summed E-state index contributed by atoms with van der Waals surface area (Å²) in [4.78, 5) is 25.0. The first-order valence-electron chi connectivity index (χ1n) is 6.47. The van der Waals surface area contributed by atoms with E-state index in [0.29, 0.717) is 5.70 Å². The summed E-state index contributed by atoms with van der Waals surface area (Å²) in [7, 11) is 1.71. The molecular formula is C15H21N3O2. The van der Waals surface area contributed by atoms with Crippen molar-refractivity contribution in [2.45, 2.75) is 20.3 Å². The smallest absolute Gasteiger partial charge is 0.240 e. The van der Waals surface area contributed by atoms with E-state index in [1.54, 1.807) is 25.8 Å². The maximum Gasteiger partial charge on any atom is 0.240 e. The van der Waals surface area contributed by atoms with Gasteiger partial charge in [0.1, 0.15) is 0 Å². The average molecular weight is 275 g/mol. The van der Waals surface area contributed by atoms with Crippen LogP contribution in [0.3, 0.4) is 0 Å². The first-order chi connectivity index (χ1) is 9.41. The molecule has 1 rings (SSSR count). The summed E-state index contributed by atoms with van der Waals surface area (Å²) < 4.78 is 0. The molecule has 0 radical (unpaired) electrons. The van der Waals surface area contributed by atoms with Crippen LogP contribution in [0.25, 0.3) is 0 Å². The number of hydrogen-bond acceptors (Lipinski definition) is 3. The number of amides is 2. The van der Waals surface area contributed by atoms with Crippen LogP contribution in [0.15, 0.2) is 42.6 Å². The van der Waals surface area contributed by atoms with E-state index in [1.807, 2.05) is 30.3 Å². The number of rotatable bonds is 6. The minimum absolute atomic E-state index is 0.104. The van der Waals surface area contributed by atoms with Gasteiger partial charge < -0.3 is 10.3 Å². The second kappa shape index (κ2) is 7.33. The molecule has 0 unspecified atom stereocenters. The minimum atomic E-state index is -0.144. The summed E-state index contributed by atoms with van der Waals surface area (Å²) in [6.07, 6.45) is 0.115. The predicted octanol–water partition coefficient (Wildman–Crippen LogP) is 1.83. The fourth-order valence-electron chi connectivity index (χ4n) is 1.44. The van der Waals surface area contributed by atoms with Gasteiger partial charge in [-0.3, -0.25) is 15.0 Å². The highest BCUT2D eigenvalue weighted by atomic mass is 16.2. The Balaban J connectivity index is 2.46. The second-order valence-corrected chi connectivity index (χ2v) is 4.84. The molecule has 0 aliphatic rings. The zero-order valence-electron chi connectivity index (χ0n) is 12.1. The van der Waals surface area contributed by atoms with E-state index < -0.39 is 0 Å². The first-order valence-corrected chi connectivity index (χ1v) is 6.47. The number of anilines is 1. The molecule has 0 spiro atoms. The molecule has 108 valence electrons. The van der Waals surface area contributed by atoms with Gasteiger partial charge >= 0.3 is 0 Å². The van der Waals surface area contributed by atoms with E-state index in [4.69, 9.17) is 0 Å². The van der Waals surface area contributed by atoms with Gasteiger partial charge in [0.05, 0.1) is 6.42 Å². The van der Waals surface area contributed by atoms with Crippen molar-refractivity contribution in [3.05, 3.63) is 42.6 Å². The summed E-state index contributed by atoms with van der Waals surface area (Å²) in [6, 6.07) is 9.34. The Bertz CT molecular complexity index is 483. The lowest BCUT2D eigenvalue weighted by molar-refractivity contribution is -0.125. The van der Waals surface area contributed by atoms with Crippen LogP contribution in [0, 0.1) is 5.92 Å². The van der Waals surface area contributed by atoms with Crippen molar-refractivity contribution in [2.75, 3.05) is 11.9 Å². The molecule has 20 heavy (non-hydrogen) atoms. The lowest BCUT2D eigenvalue weighted by atomic mass is 10.2. The van der Waals surface area contributed by atoms with Crippen molar-refractivity contribution in [3.8, 4) is 0 Å². The van der Waals surface area contributed by atoms with Gasteiger partial charge in [0.2, 0.25) is 11.8 Å². The van der Waals surface area contributed by atoms with Gasteiger partial charge in [0.25, 0.3) is 0 Å². The fourth-order valence-corrected chi connectivity index (χ4v) is 1.44. The molecule has 1 aromatic rings. The summed E-state index contributed by atoms with van der Waals surface area (Å²) in [5, 5.41) is 0. The summed E-state index contributed by atoms with van der Waals surface area (Å²) in [6.45, 7) is 7.30. The van der Waals surface area contributed by atoms with Gasteiger partial charge in [-0.1, -0.05) is 38.6 Å². The van der Waals surface area contributed by atoms with Crippen LogP contribution >= 0.6 is 0 Å². The number of nitrogens with one attached hydrogen (secondary N) is 2. The van der Waals surface area contributed by atoms with Crippen LogP contribution in [-0.2, 0) is 9.59 Å². The SMILES string of the molecule is C=C(CC(=O)N(C)c1ccccc1)NNC(=O)C(C)C. The Hall–Kier alpha value is -2.30. The number of hydrogen-bond donors (Lipinski definition) is 2. The number of carbonyl (C=O) groups is 2. The lowest BCUT2D eigenvalue weighted by Gasteiger charge is -2.19. The van der Waals surface area contributed by atoms with E-state index in [9.17, 15) is 9.59 Å². The van der Waals surface area contributed by atoms with Gasteiger partial charge in [-0.05, 0) is 12.1 Å². The molecule has 0 aliphatic carbocycles. The average Bonchev–Trinajstić information content (AvgIpc) is 2.44. The highest BCUT2D eigenvalue weighted by Gasteiger charge is 2.13. The van der Waals surface area contributed by atoms with Gasteiger partial charge in [-0.25, -0.2) is 0 Å². The Morgan fingerprint density at radius 3 is 2.35 bits per heavy atom. The van der Waals surface area contributed by atoms with Gasteiger partial charge in [0.15, 0.2) is 0 Å². The maximum atomic E-state index is 12.0. The summed E-state index contributed by atoms with van der Waals surface area (Å²) in [5.74, 6) is -0.375. The highest BCUT2D eigenvalue weighted by molar-refractivity contribution is 5.94. The van der Waals surface area contributed by atoms with E-state index in [-0.39, 0.29) is 24.2 Å². The normalized spacial score (nSPS) is 10.0. The number of nitrogens with zero attached hydrogens (tertiary/aromatic N) is 1. The highest BCUT2D eigenvalue weighted by Crippen LogP contribution is 2.12. The number of benzene rings is 1. The summed E-state index contributed by atoms with van der Waals surface area (Å²) in [5.41, 5.74) is 6.43. The van der Waals surface area contributed by atoms with Crippen molar-refractivity contribution in [1.29, 1.82) is 0 Å². The Kier molecular flexibility index (Phi) is 5.77. The molecule has 0 fully saturated rings. The maximum absolute atomic E-state index is 12.0. The number of carbonyl (C=O) groups excluding carboxylic acids is 2. The Labute approximate surface area is 119 Å². The standard InChI is InChI=1S/C15H21N3O2/c1-11(2)15(20)17-16-12(3)10-14(19)18(4)13-8-6-5-7-9-13/h5-9,11,16H,3,10H2,1-2,4H3,(H,17,20). The van der Waals surface area contributed by atoms with Crippen molar-refractivity contribution in [3.63, 3.8) is 0 Å². The van der Waals surface area contributed by atoms with Crippen LogP contribution in [0.4, 0.5) is 5.69 Å². The van der Waals surface area contributed by atoms with Crippen LogP contribution in [0.1, 0.15) is 20.3 Å². The van der Waals surface area contributed by atoms with Gasteiger partial charge in [-0.2, -0.15) is 0 Å². The third-order valence-corrected chi connectivity index (χ3v) is 2.77. The quantitative estimate of drug-likeness (QED) is 0.779. The molecule has 1 aromatic carbocycles. The molecule has 2 amide bonds. The van der Waals surface area contributed by atoms with E-state index in [0.717, 1.165) is 5.69 Å². The third-order valence-electron chi connectivity index (χ3n) is 2.77. The van der Waals surface area contributed by atoms with Gasteiger partial charge in [0, 0.05) is 24.4 Å². The van der Waals surface area contributed by atoms with Crippen LogP contribution < -0.4 is 15.8 Å². The van der Waals surface area contributed by atoms with Crippen LogP contribution in [0.2, 0.25) is 0 Å². The molecule has 0 bridgehead atoms. The summed E-state index contributed by atoms with van der Waals surface area (Å²) >= 11 is 0. The first kappa shape index (κ1) is 15.8. The number of hydrazine groups is 1. The Morgan fingerprint density at radius 2 is 1.80 bits per heavy atom. The molecule has 0 saturated heterocycles. The van der Waals surface area contributed by atoms with Crippen LogP contribution in [-0.4, -0.2) is 18.9 Å². The monoisotopic (exact) mass is 275 g/mol. The van der Waals surface area contributed by atoms with E-state index in [1.165, 1.54) is 0 Å². The lowest BCUT2D eigenvalue weighted by Crippen LogP contribution is -2.40. The molecule has 0 aliphatic heterocycles. The molecule has 5 nitrogen and oxygen atoms in total. The molecule has 0 saturated carbocycles. The number of para-hydroxylation sites is 1. The zero-order chi connectivity index (χ0) is 15.1. The molecule has 0 atom stereocenters. The zero-order valence-corrected chi connectivity index (χ0v) is 12.1. The van der Waals surface area contributed by atoms with Crippen molar-refractivity contribution in [1.82, 2.24) is 10.9 Å². The van der Waals surface area contributed by atoms with E-state index >= 15 is 0 Å². The topological polar surface area (TPSA) is 61.4 Å². The van der Waals surface area contributed by atoms with Crippen LogP contribution in [0.5, 0.6) is 0 Å². The second-order valence-electron chi connectivity index (χ2n) is 4.84. The molecule has 5 heteroatoms. The molecule has 0 heterocycles. The molecule has 0 aromatic heterocycles. The minimum Gasteiger partial charge on any atom is -0.315 e. The van der Waals surface area contributed by atoms with Crippen molar-refractivity contribution in [2.24, 2.45) is 5.92 Å². The van der Waals surface area contributed by atoms with Crippen molar-refractivity contribution < 1.29 is 9.59 Å². The predicted molar refractivity (Wildman–Crippen MR) is 79.7 cm³/mol. The van der Waals surface area contributed by atoms with E-state index in [2.05, 4.69) is 17.4 Å². The largest absolute Gasteiger partial charge is 0.315 e. The van der Waals surface area contributed by atoms with Crippen molar-refractivity contribution >= 4 is 17.5 Å². The fraction of sp³-hybridized carbons (Fsp3) is 0.333. The third kappa shape index (κ3) is 4.76. The van der Waals surface area contributed by atoms with Gasteiger partial charge in [-0.15, -0.1) is 0 Å². The Morgan fingerprint density at radius 1 is 1.20 bits per heavy atom.